The SMILES string of the molecule is CCCN(CC)Cc1cc(CN)ccc1OC. The lowest BCUT2D eigenvalue weighted by Crippen LogP contribution is -2.24. The monoisotopic (exact) mass is 236 g/mol. The van der Waals surface area contributed by atoms with Crippen LogP contribution in [0.3, 0.4) is 0 Å². The molecule has 3 heteroatoms. The van der Waals surface area contributed by atoms with E-state index in [9.17, 15) is 0 Å². The van der Waals surface area contributed by atoms with Crippen molar-refractivity contribution >= 4 is 0 Å². The molecule has 0 bridgehead atoms. The average molecular weight is 236 g/mol. The van der Waals surface area contributed by atoms with E-state index < -0.39 is 0 Å². The first-order valence-corrected chi connectivity index (χ1v) is 6.33. The summed E-state index contributed by atoms with van der Waals surface area (Å²) in [5, 5.41) is 0. The molecule has 1 aromatic rings. The van der Waals surface area contributed by atoms with Gasteiger partial charge in [0, 0.05) is 18.7 Å². The molecule has 0 spiro atoms. The maximum Gasteiger partial charge on any atom is 0.123 e. The third-order valence-corrected chi connectivity index (χ3v) is 2.96. The second-order valence-corrected chi connectivity index (χ2v) is 4.22. The number of methoxy groups -OCH3 is 1. The van der Waals surface area contributed by atoms with E-state index in [1.54, 1.807) is 7.11 Å². The number of benzene rings is 1. The molecule has 3 nitrogen and oxygen atoms in total. The van der Waals surface area contributed by atoms with Gasteiger partial charge in [0.05, 0.1) is 7.11 Å². The summed E-state index contributed by atoms with van der Waals surface area (Å²) < 4.78 is 5.40. The summed E-state index contributed by atoms with van der Waals surface area (Å²) in [6.45, 7) is 8.08. The highest BCUT2D eigenvalue weighted by Gasteiger charge is 2.08. The first-order chi connectivity index (χ1) is 8.24. The predicted octanol–water partition coefficient (Wildman–Crippen LogP) is 2.39. The first-order valence-electron chi connectivity index (χ1n) is 6.33. The van der Waals surface area contributed by atoms with E-state index in [1.165, 1.54) is 12.0 Å². The van der Waals surface area contributed by atoms with E-state index in [0.29, 0.717) is 6.54 Å². The molecule has 0 aliphatic heterocycles. The maximum atomic E-state index is 5.68. The molecule has 0 radical (unpaired) electrons. The quantitative estimate of drug-likeness (QED) is 0.790. The Kier molecular flexibility index (Phi) is 6.01. The zero-order valence-corrected chi connectivity index (χ0v) is 11.2. The first kappa shape index (κ1) is 14.0. The van der Waals surface area contributed by atoms with Crippen LogP contribution in [0, 0.1) is 0 Å². The summed E-state index contributed by atoms with van der Waals surface area (Å²) in [5.74, 6) is 0.955. The lowest BCUT2D eigenvalue weighted by atomic mass is 10.1. The Morgan fingerprint density at radius 2 is 2.06 bits per heavy atom. The highest BCUT2D eigenvalue weighted by Crippen LogP contribution is 2.21. The van der Waals surface area contributed by atoms with Crippen molar-refractivity contribution in [2.45, 2.75) is 33.4 Å². The van der Waals surface area contributed by atoms with Crippen LogP contribution in [0.4, 0.5) is 0 Å². The summed E-state index contributed by atoms with van der Waals surface area (Å²) in [6.07, 6.45) is 1.17. The predicted molar refractivity (Wildman–Crippen MR) is 72.1 cm³/mol. The van der Waals surface area contributed by atoms with Crippen LogP contribution in [0.25, 0.3) is 0 Å². The normalized spacial score (nSPS) is 10.9. The summed E-state index contributed by atoms with van der Waals surface area (Å²) in [4.78, 5) is 2.41. The highest BCUT2D eigenvalue weighted by molar-refractivity contribution is 5.37. The Balaban J connectivity index is 2.85. The van der Waals surface area contributed by atoms with Gasteiger partial charge < -0.3 is 10.5 Å². The zero-order valence-electron chi connectivity index (χ0n) is 11.2. The fourth-order valence-electron chi connectivity index (χ4n) is 1.99. The van der Waals surface area contributed by atoms with Crippen molar-refractivity contribution in [2.75, 3.05) is 20.2 Å². The molecular formula is C14H24N2O. The van der Waals surface area contributed by atoms with Gasteiger partial charge in [0.15, 0.2) is 0 Å². The second-order valence-electron chi connectivity index (χ2n) is 4.22. The van der Waals surface area contributed by atoms with E-state index in [0.717, 1.165) is 30.9 Å². The standard InChI is InChI=1S/C14H24N2O/c1-4-8-16(5-2)11-13-9-12(10-15)6-7-14(13)17-3/h6-7,9H,4-5,8,10-11,15H2,1-3H3. The minimum atomic E-state index is 0.580. The van der Waals surface area contributed by atoms with Crippen molar-refractivity contribution in [1.82, 2.24) is 4.90 Å². The maximum absolute atomic E-state index is 5.68. The molecule has 0 fully saturated rings. The molecule has 0 amide bonds. The van der Waals surface area contributed by atoms with Gasteiger partial charge in [-0.2, -0.15) is 0 Å². The molecule has 0 atom stereocenters. The fourth-order valence-corrected chi connectivity index (χ4v) is 1.99. The van der Waals surface area contributed by atoms with Gasteiger partial charge in [-0.05, 0) is 37.2 Å². The number of ether oxygens (including phenoxy) is 1. The smallest absolute Gasteiger partial charge is 0.123 e. The number of nitrogens with zero attached hydrogens (tertiary/aromatic N) is 1. The van der Waals surface area contributed by atoms with Crippen molar-refractivity contribution in [2.24, 2.45) is 5.73 Å². The Labute approximate surface area is 105 Å². The molecule has 17 heavy (non-hydrogen) atoms. The molecule has 96 valence electrons. The minimum absolute atomic E-state index is 0.580. The van der Waals surface area contributed by atoms with Crippen LogP contribution < -0.4 is 10.5 Å². The van der Waals surface area contributed by atoms with Crippen molar-refractivity contribution in [3.05, 3.63) is 29.3 Å². The Bertz CT molecular complexity index is 339. The molecule has 2 N–H and O–H groups in total. The Morgan fingerprint density at radius 1 is 1.29 bits per heavy atom. The fraction of sp³-hybridized carbons (Fsp3) is 0.571. The molecule has 0 unspecified atom stereocenters. The molecule has 1 rings (SSSR count). The van der Waals surface area contributed by atoms with Crippen LogP contribution >= 0.6 is 0 Å². The summed E-state index contributed by atoms with van der Waals surface area (Å²) in [5.41, 5.74) is 8.07. The van der Waals surface area contributed by atoms with Gasteiger partial charge in [-0.25, -0.2) is 0 Å². The summed E-state index contributed by atoms with van der Waals surface area (Å²) >= 11 is 0. The third kappa shape index (κ3) is 4.02. The van der Waals surface area contributed by atoms with Gasteiger partial charge in [0.25, 0.3) is 0 Å². The van der Waals surface area contributed by atoms with E-state index in [1.807, 2.05) is 12.1 Å². The topological polar surface area (TPSA) is 38.5 Å². The van der Waals surface area contributed by atoms with Gasteiger partial charge in [-0.1, -0.05) is 19.9 Å². The second kappa shape index (κ2) is 7.30. The van der Waals surface area contributed by atoms with Crippen LogP contribution in [-0.4, -0.2) is 25.1 Å². The van der Waals surface area contributed by atoms with Gasteiger partial charge in [0.2, 0.25) is 0 Å². The van der Waals surface area contributed by atoms with Crippen LogP contribution in [0.5, 0.6) is 5.75 Å². The molecule has 0 saturated carbocycles. The highest BCUT2D eigenvalue weighted by atomic mass is 16.5. The molecular weight excluding hydrogens is 212 g/mol. The molecule has 0 aliphatic rings. The molecule has 0 heterocycles. The van der Waals surface area contributed by atoms with Crippen LogP contribution in [0.15, 0.2) is 18.2 Å². The van der Waals surface area contributed by atoms with Gasteiger partial charge >= 0.3 is 0 Å². The van der Waals surface area contributed by atoms with Crippen LogP contribution in [0.1, 0.15) is 31.4 Å². The lowest BCUT2D eigenvalue weighted by molar-refractivity contribution is 0.275. The molecule has 1 aromatic carbocycles. The zero-order chi connectivity index (χ0) is 12.7. The minimum Gasteiger partial charge on any atom is -0.496 e. The molecule has 0 aliphatic carbocycles. The van der Waals surface area contributed by atoms with Crippen molar-refractivity contribution < 1.29 is 4.74 Å². The number of hydrogen-bond donors (Lipinski definition) is 1. The van der Waals surface area contributed by atoms with E-state index in [4.69, 9.17) is 10.5 Å². The number of nitrogens with two attached hydrogens (primary N) is 1. The Morgan fingerprint density at radius 3 is 2.59 bits per heavy atom. The van der Waals surface area contributed by atoms with Crippen LogP contribution in [-0.2, 0) is 13.1 Å². The number of rotatable bonds is 7. The van der Waals surface area contributed by atoms with E-state index >= 15 is 0 Å². The van der Waals surface area contributed by atoms with Gasteiger partial charge in [0.1, 0.15) is 5.75 Å². The lowest BCUT2D eigenvalue weighted by Gasteiger charge is -2.21. The van der Waals surface area contributed by atoms with Crippen molar-refractivity contribution in [3.63, 3.8) is 0 Å². The van der Waals surface area contributed by atoms with Crippen molar-refractivity contribution in [1.29, 1.82) is 0 Å². The van der Waals surface area contributed by atoms with Crippen molar-refractivity contribution in [3.8, 4) is 5.75 Å². The third-order valence-electron chi connectivity index (χ3n) is 2.96. The molecule has 0 saturated heterocycles. The van der Waals surface area contributed by atoms with Gasteiger partial charge in [-0.15, -0.1) is 0 Å². The number of hydrogen-bond acceptors (Lipinski definition) is 3. The van der Waals surface area contributed by atoms with Gasteiger partial charge in [-0.3, -0.25) is 4.90 Å². The summed E-state index contributed by atoms with van der Waals surface area (Å²) in [6, 6.07) is 6.19. The largest absolute Gasteiger partial charge is 0.496 e. The summed E-state index contributed by atoms with van der Waals surface area (Å²) in [7, 11) is 1.72. The van der Waals surface area contributed by atoms with E-state index in [2.05, 4.69) is 24.8 Å². The van der Waals surface area contributed by atoms with Crippen LogP contribution in [0.2, 0.25) is 0 Å². The Hall–Kier alpha value is -1.06. The van der Waals surface area contributed by atoms with E-state index in [-0.39, 0.29) is 0 Å². The average Bonchev–Trinajstić information content (AvgIpc) is 2.38. The molecule has 0 aromatic heterocycles.